The second-order valence-electron chi connectivity index (χ2n) is 5.53. The number of non-ortho nitro benzene ring substituents is 1. The maximum atomic E-state index is 13.2. The zero-order valence-electron chi connectivity index (χ0n) is 11.4. The lowest BCUT2D eigenvalue weighted by Crippen LogP contribution is -2.57. The highest BCUT2D eigenvalue weighted by Crippen LogP contribution is 2.34. The SMILES string of the molecule is CC1(C)CN(c2ccc([N+](=O)[O-])cc2C(F)F)CCN1. The van der Waals surface area contributed by atoms with Crippen LogP contribution in [0.3, 0.4) is 0 Å². The van der Waals surface area contributed by atoms with Crippen LogP contribution in [-0.2, 0) is 0 Å². The lowest BCUT2D eigenvalue weighted by molar-refractivity contribution is -0.385. The molecule has 1 aromatic rings. The van der Waals surface area contributed by atoms with Crippen LogP contribution in [0, 0.1) is 10.1 Å². The molecule has 0 aliphatic carbocycles. The van der Waals surface area contributed by atoms with E-state index in [2.05, 4.69) is 5.32 Å². The monoisotopic (exact) mass is 285 g/mol. The van der Waals surface area contributed by atoms with Crippen LogP contribution in [0.1, 0.15) is 25.8 Å². The van der Waals surface area contributed by atoms with Crippen molar-refractivity contribution in [1.82, 2.24) is 5.32 Å². The van der Waals surface area contributed by atoms with Crippen LogP contribution in [0.15, 0.2) is 18.2 Å². The number of nitro groups is 1. The first-order valence-electron chi connectivity index (χ1n) is 6.37. The molecule has 0 aromatic heterocycles. The lowest BCUT2D eigenvalue weighted by atomic mass is 10.0. The van der Waals surface area contributed by atoms with Gasteiger partial charge in [-0.1, -0.05) is 0 Å². The summed E-state index contributed by atoms with van der Waals surface area (Å²) in [7, 11) is 0. The van der Waals surface area contributed by atoms with E-state index in [1.54, 1.807) is 0 Å². The number of nitrogens with one attached hydrogen (secondary N) is 1. The molecule has 2 rings (SSSR count). The molecule has 5 nitrogen and oxygen atoms in total. The number of rotatable bonds is 3. The summed E-state index contributed by atoms with van der Waals surface area (Å²) in [5.74, 6) is 0. The molecule has 0 bridgehead atoms. The molecule has 110 valence electrons. The quantitative estimate of drug-likeness (QED) is 0.685. The number of hydrogen-bond donors (Lipinski definition) is 1. The molecule has 1 aliphatic rings. The molecular weight excluding hydrogens is 268 g/mol. The van der Waals surface area contributed by atoms with Gasteiger partial charge in [-0.05, 0) is 19.9 Å². The van der Waals surface area contributed by atoms with Crippen molar-refractivity contribution in [3.63, 3.8) is 0 Å². The molecule has 0 amide bonds. The highest BCUT2D eigenvalue weighted by atomic mass is 19.3. The molecule has 0 atom stereocenters. The summed E-state index contributed by atoms with van der Waals surface area (Å²) >= 11 is 0. The zero-order valence-corrected chi connectivity index (χ0v) is 11.4. The van der Waals surface area contributed by atoms with Crippen LogP contribution < -0.4 is 10.2 Å². The number of nitrogens with zero attached hydrogens (tertiary/aromatic N) is 2. The largest absolute Gasteiger partial charge is 0.368 e. The van der Waals surface area contributed by atoms with Gasteiger partial charge in [-0.2, -0.15) is 0 Å². The average Bonchev–Trinajstić information content (AvgIpc) is 2.36. The van der Waals surface area contributed by atoms with E-state index in [-0.39, 0.29) is 16.8 Å². The summed E-state index contributed by atoms with van der Waals surface area (Å²) in [6.07, 6.45) is -2.73. The molecule has 0 saturated carbocycles. The molecule has 20 heavy (non-hydrogen) atoms. The van der Waals surface area contributed by atoms with Gasteiger partial charge in [-0.25, -0.2) is 8.78 Å². The minimum atomic E-state index is -2.73. The first-order chi connectivity index (χ1) is 9.30. The fourth-order valence-electron chi connectivity index (χ4n) is 2.47. The van der Waals surface area contributed by atoms with Gasteiger partial charge in [0.1, 0.15) is 0 Å². The first kappa shape index (κ1) is 14.6. The van der Waals surface area contributed by atoms with E-state index in [9.17, 15) is 18.9 Å². The minimum Gasteiger partial charge on any atom is -0.368 e. The number of hydrogen-bond acceptors (Lipinski definition) is 4. The van der Waals surface area contributed by atoms with Gasteiger partial charge >= 0.3 is 0 Å². The van der Waals surface area contributed by atoms with Crippen molar-refractivity contribution in [3.05, 3.63) is 33.9 Å². The van der Waals surface area contributed by atoms with Gasteiger partial charge in [0.05, 0.1) is 4.92 Å². The highest BCUT2D eigenvalue weighted by Gasteiger charge is 2.29. The molecule has 0 spiro atoms. The summed E-state index contributed by atoms with van der Waals surface area (Å²) in [5.41, 5.74) is -0.394. The molecule has 0 unspecified atom stereocenters. The van der Waals surface area contributed by atoms with Crippen molar-refractivity contribution in [2.24, 2.45) is 0 Å². The number of halogens is 2. The van der Waals surface area contributed by atoms with Crippen molar-refractivity contribution in [2.45, 2.75) is 25.8 Å². The number of alkyl halides is 2. The fraction of sp³-hybridized carbons (Fsp3) is 0.538. The van der Waals surface area contributed by atoms with Gasteiger partial charge in [0.25, 0.3) is 12.1 Å². The highest BCUT2D eigenvalue weighted by molar-refractivity contribution is 5.59. The molecule has 1 N–H and O–H groups in total. The van der Waals surface area contributed by atoms with Crippen LogP contribution >= 0.6 is 0 Å². The summed E-state index contributed by atoms with van der Waals surface area (Å²) in [6.45, 7) is 5.84. The third kappa shape index (κ3) is 3.04. The number of benzene rings is 1. The van der Waals surface area contributed by atoms with E-state index < -0.39 is 11.3 Å². The third-order valence-electron chi connectivity index (χ3n) is 3.37. The third-order valence-corrected chi connectivity index (χ3v) is 3.37. The van der Waals surface area contributed by atoms with Crippen molar-refractivity contribution < 1.29 is 13.7 Å². The first-order valence-corrected chi connectivity index (χ1v) is 6.37. The van der Waals surface area contributed by atoms with E-state index in [0.29, 0.717) is 25.3 Å². The second kappa shape index (κ2) is 5.32. The predicted octanol–water partition coefficient (Wildman–Crippen LogP) is 2.72. The molecule has 0 radical (unpaired) electrons. The Kier molecular flexibility index (Phi) is 3.89. The predicted molar refractivity (Wildman–Crippen MR) is 72.3 cm³/mol. The minimum absolute atomic E-state index is 0.181. The van der Waals surface area contributed by atoms with E-state index in [1.165, 1.54) is 12.1 Å². The molecule has 1 heterocycles. The van der Waals surface area contributed by atoms with E-state index >= 15 is 0 Å². The zero-order chi connectivity index (χ0) is 14.9. The smallest absolute Gasteiger partial charge is 0.270 e. The van der Waals surface area contributed by atoms with Gasteiger partial charge in [-0.3, -0.25) is 10.1 Å². The van der Waals surface area contributed by atoms with Crippen LogP contribution in [0.4, 0.5) is 20.2 Å². The second-order valence-corrected chi connectivity index (χ2v) is 5.53. The summed E-state index contributed by atoms with van der Waals surface area (Å²) in [4.78, 5) is 11.9. The van der Waals surface area contributed by atoms with E-state index in [0.717, 1.165) is 6.07 Å². The Morgan fingerprint density at radius 3 is 2.70 bits per heavy atom. The maximum Gasteiger partial charge on any atom is 0.270 e. The number of anilines is 1. The summed E-state index contributed by atoms with van der Waals surface area (Å²) in [5, 5.41) is 14.0. The molecule has 1 aliphatic heterocycles. The van der Waals surface area contributed by atoms with Gasteiger partial charge in [0.15, 0.2) is 0 Å². The van der Waals surface area contributed by atoms with Crippen LogP contribution in [0.25, 0.3) is 0 Å². The normalized spacial score (nSPS) is 18.4. The fourth-order valence-corrected chi connectivity index (χ4v) is 2.47. The van der Waals surface area contributed by atoms with Crippen molar-refractivity contribution in [2.75, 3.05) is 24.5 Å². The van der Waals surface area contributed by atoms with Gasteiger partial charge < -0.3 is 10.2 Å². The Hall–Kier alpha value is -1.76. The number of piperazine rings is 1. The summed E-state index contributed by atoms with van der Waals surface area (Å²) < 4.78 is 26.3. The van der Waals surface area contributed by atoms with E-state index in [1.807, 2.05) is 18.7 Å². The molecule has 1 saturated heterocycles. The van der Waals surface area contributed by atoms with E-state index in [4.69, 9.17) is 0 Å². The Morgan fingerprint density at radius 1 is 1.45 bits per heavy atom. The Bertz CT molecular complexity index is 520. The number of nitro benzene ring substituents is 1. The van der Waals surface area contributed by atoms with Gasteiger partial charge in [0, 0.05) is 48.6 Å². The summed E-state index contributed by atoms with van der Waals surface area (Å²) in [6, 6.07) is 3.66. The van der Waals surface area contributed by atoms with Gasteiger partial charge in [0.2, 0.25) is 0 Å². The van der Waals surface area contributed by atoms with Crippen LogP contribution in [-0.4, -0.2) is 30.1 Å². The average molecular weight is 285 g/mol. The van der Waals surface area contributed by atoms with Crippen molar-refractivity contribution in [1.29, 1.82) is 0 Å². The van der Waals surface area contributed by atoms with Crippen LogP contribution in [0.2, 0.25) is 0 Å². The van der Waals surface area contributed by atoms with Crippen LogP contribution in [0.5, 0.6) is 0 Å². The van der Waals surface area contributed by atoms with Crippen molar-refractivity contribution >= 4 is 11.4 Å². The Labute approximate surface area is 115 Å². The molecular formula is C13H17F2N3O2. The topological polar surface area (TPSA) is 58.4 Å². The Balaban J connectivity index is 2.38. The molecule has 7 heteroatoms. The lowest BCUT2D eigenvalue weighted by Gasteiger charge is -2.41. The molecule has 1 fully saturated rings. The van der Waals surface area contributed by atoms with Crippen molar-refractivity contribution in [3.8, 4) is 0 Å². The Morgan fingerprint density at radius 2 is 2.15 bits per heavy atom. The maximum absolute atomic E-state index is 13.2. The molecule has 1 aromatic carbocycles. The van der Waals surface area contributed by atoms with Gasteiger partial charge in [-0.15, -0.1) is 0 Å². The standard InChI is InChI=1S/C13H17F2N3O2/c1-13(2)8-17(6-5-16-13)11-4-3-9(18(19)20)7-10(11)12(14)15/h3-4,7,12,16H,5-6,8H2,1-2H3.